The summed E-state index contributed by atoms with van der Waals surface area (Å²) in [7, 11) is 1.33. The summed E-state index contributed by atoms with van der Waals surface area (Å²) < 4.78 is 7.28. The first-order valence-corrected chi connectivity index (χ1v) is 7.40. The van der Waals surface area contributed by atoms with Crippen LogP contribution in [0, 0.1) is 0 Å². The van der Waals surface area contributed by atoms with Crippen molar-refractivity contribution in [1.29, 1.82) is 0 Å². The number of rotatable bonds is 4. The van der Waals surface area contributed by atoms with Crippen LogP contribution < -0.4 is 0 Å². The lowest BCUT2D eigenvalue weighted by molar-refractivity contribution is -0.141. The summed E-state index contributed by atoms with van der Waals surface area (Å²) in [5.74, 6) is -1.34. The molecule has 0 bridgehead atoms. The highest BCUT2D eigenvalue weighted by molar-refractivity contribution is 7.21. The van der Waals surface area contributed by atoms with Crippen molar-refractivity contribution in [2.24, 2.45) is 0 Å². The molecule has 0 aliphatic heterocycles. The SMILES string of the molecule is COC(=O)Cn1cc(-c2ccccc2)c2sc(C(=O)O)cc21. The van der Waals surface area contributed by atoms with E-state index < -0.39 is 5.97 Å². The molecule has 3 rings (SSSR count). The molecular weight excluding hydrogens is 302 g/mol. The second-order valence-electron chi connectivity index (χ2n) is 4.74. The molecule has 112 valence electrons. The van der Waals surface area contributed by atoms with Gasteiger partial charge in [-0.3, -0.25) is 4.79 Å². The maximum Gasteiger partial charge on any atom is 0.345 e. The minimum absolute atomic E-state index is 0.0512. The fourth-order valence-electron chi connectivity index (χ4n) is 2.33. The molecule has 0 fully saturated rings. The van der Waals surface area contributed by atoms with Crippen LogP contribution in [0.5, 0.6) is 0 Å². The van der Waals surface area contributed by atoms with Crippen LogP contribution in [0.3, 0.4) is 0 Å². The maximum atomic E-state index is 11.6. The van der Waals surface area contributed by atoms with Gasteiger partial charge in [0.05, 0.1) is 17.3 Å². The van der Waals surface area contributed by atoms with Crippen LogP contribution in [0.1, 0.15) is 9.67 Å². The van der Waals surface area contributed by atoms with E-state index in [4.69, 9.17) is 4.74 Å². The Morgan fingerprint density at radius 3 is 2.64 bits per heavy atom. The second-order valence-corrected chi connectivity index (χ2v) is 5.80. The zero-order valence-corrected chi connectivity index (χ0v) is 12.6. The maximum absolute atomic E-state index is 11.6. The normalized spacial score (nSPS) is 10.8. The van der Waals surface area contributed by atoms with Crippen molar-refractivity contribution in [3.8, 4) is 11.1 Å². The smallest absolute Gasteiger partial charge is 0.345 e. The van der Waals surface area contributed by atoms with Crippen LogP contribution in [0.25, 0.3) is 21.3 Å². The largest absolute Gasteiger partial charge is 0.477 e. The monoisotopic (exact) mass is 315 g/mol. The predicted octanol–water partition coefficient (Wildman–Crippen LogP) is 3.24. The van der Waals surface area contributed by atoms with Crippen molar-refractivity contribution in [2.45, 2.75) is 6.54 Å². The number of esters is 1. The van der Waals surface area contributed by atoms with Crippen molar-refractivity contribution in [3.63, 3.8) is 0 Å². The number of aromatic carboxylic acids is 1. The quantitative estimate of drug-likeness (QED) is 0.750. The zero-order valence-electron chi connectivity index (χ0n) is 11.8. The highest BCUT2D eigenvalue weighted by Gasteiger charge is 2.18. The molecule has 0 saturated heterocycles. The van der Waals surface area contributed by atoms with E-state index in [1.807, 2.05) is 36.5 Å². The lowest BCUT2D eigenvalue weighted by Gasteiger charge is -2.02. The number of aromatic nitrogens is 1. The number of carboxylic acids is 1. The van der Waals surface area contributed by atoms with Crippen LogP contribution in [-0.2, 0) is 16.1 Å². The van der Waals surface area contributed by atoms with Gasteiger partial charge in [-0.15, -0.1) is 11.3 Å². The Morgan fingerprint density at radius 1 is 1.27 bits per heavy atom. The number of hydrogen-bond acceptors (Lipinski definition) is 4. The van der Waals surface area contributed by atoms with Crippen LogP contribution in [0.2, 0.25) is 0 Å². The van der Waals surface area contributed by atoms with E-state index >= 15 is 0 Å². The van der Waals surface area contributed by atoms with E-state index in [-0.39, 0.29) is 17.4 Å². The first-order valence-electron chi connectivity index (χ1n) is 6.58. The highest BCUT2D eigenvalue weighted by atomic mass is 32.1. The average Bonchev–Trinajstić information content (AvgIpc) is 3.08. The number of hydrogen-bond donors (Lipinski definition) is 1. The van der Waals surface area contributed by atoms with E-state index in [1.165, 1.54) is 18.4 Å². The summed E-state index contributed by atoms with van der Waals surface area (Å²) in [5.41, 5.74) is 2.62. The van der Waals surface area contributed by atoms with Gasteiger partial charge in [0, 0.05) is 11.8 Å². The lowest BCUT2D eigenvalue weighted by atomic mass is 10.1. The van der Waals surface area contributed by atoms with Gasteiger partial charge in [-0.2, -0.15) is 0 Å². The molecule has 3 aromatic rings. The van der Waals surface area contributed by atoms with Gasteiger partial charge in [-0.1, -0.05) is 30.3 Å². The Balaban J connectivity index is 2.19. The Morgan fingerprint density at radius 2 is 2.00 bits per heavy atom. The number of benzene rings is 1. The van der Waals surface area contributed by atoms with Crippen molar-refractivity contribution >= 4 is 33.5 Å². The topological polar surface area (TPSA) is 68.5 Å². The number of ether oxygens (including phenoxy) is 1. The summed E-state index contributed by atoms with van der Waals surface area (Å²) in [6.45, 7) is 0.0512. The van der Waals surface area contributed by atoms with E-state index in [0.717, 1.165) is 21.3 Å². The molecular formula is C16H13NO4S. The molecule has 6 heteroatoms. The van der Waals surface area contributed by atoms with Crippen molar-refractivity contribution in [2.75, 3.05) is 7.11 Å². The van der Waals surface area contributed by atoms with E-state index in [1.54, 1.807) is 10.6 Å². The number of nitrogens with zero attached hydrogens (tertiary/aromatic N) is 1. The molecule has 2 heterocycles. The minimum atomic E-state index is -0.968. The third kappa shape index (κ3) is 2.48. The molecule has 5 nitrogen and oxygen atoms in total. The summed E-state index contributed by atoms with van der Waals surface area (Å²) in [4.78, 5) is 23.0. The van der Waals surface area contributed by atoms with Crippen molar-refractivity contribution in [3.05, 3.63) is 47.5 Å². The summed E-state index contributed by atoms with van der Waals surface area (Å²) in [6.07, 6.45) is 1.86. The third-order valence-electron chi connectivity index (χ3n) is 3.37. The molecule has 0 aliphatic rings. The van der Waals surface area contributed by atoms with Gasteiger partial charge >= 0.3 is 11.9 Å². The second kappa shape index (κ2) is 5.65. The summed E-state index contributed by atoms with van der Waals surface area (Å²) in [6, 6.07) is 11.3. The van der Waals surface area contributed by atoms with Gasteiger partial charge in [-0.05, 0) is 11.6 Å². The van der Waals surface area contributed by atoms with Crippen LogP contribution >= 0.6 is 11.3 Å². The van der Waals surface area contributed by atoms with Gasteiger partial charge < -0.3 is 14.4 Å². The van der Waals surface area contributed by atoms with Crippen molar-refractivity contribution in [1.82, 2.24) is 4.57 Å². The number of methoxy groups -OCH3 is 1. The number of thiophene rings is 1. The molecule has 2 aromatic heterocycles. The van der Waals surface area contributed by atoms with Gasteiger partial charge in [-0.25, -0.2) is 4.79 Å². The zero-order chi connectivity index (χ0) is 15.7. The molecule has 1 aromatic carbocycles. The lowest BCUT2D eigenvalue weighted by Crippen LogP contribution is -2.10. The molecule has 1 N–H and O–H groups in total. The first kappa shape index (κ1) is 14.3. The number of carboxylic acid groups (broad SMARTS) is 1. The molecule has 0 atom stereocenters. The van der Waals surface area contributed by atoms with Gasteiger partial charge in [0.1, 0.15) is 11.4 Å². The number of carbonyl (C=O) groups is 2. The number of fused-ring (bicyclic) bond motifs is 1. The molecule has 0 spiro atoms. The van der Waals surface area contributed by atoms with E-state index in [0.29, 0.717) is 0 Å². The van der Waals surface area contributed by atoms with Crippen molar-refractivity contribution < 1.29 is 19.4 Å². The Kier molecular flexibility index (Phi) is 3.68. The van der Waals surface area contributed by atoms with E-state index in [9.17, 15) is 14.7 Å². The molecule has 0 amide bonds. The summed E-state index contributed by atoms with van der Waals surface area (Å²) >= 11 is 1.21. The fourth-order valence-corrected chi connectivity index (χ4v) is 3.37. The van der Waals surface area contributed by atoms with Crippen LogP contribution in [0.15, 0.2) is 42.6 Å². The average molecular weight is 315 g/mol. The highest BCUT2D eigenvalue weighted by Crippen LogP contribution is 2.36. The third-order valence-corrected chi connectivity index (χ3v) is 4.52. The molecule has 0 aliphatic carbocycles. The van der Waals surface area contributed by atoms with Crippen LogP contribution in [0.4, 0.5) is 0 Å². The molecule has 0 saturated carbocycles. The molecule has 22 heavy (non-hydrogen) atoms. The minimum Gasteiger partial charge on any atom is -0.477 e. The fraction of sp³-hybridized carbons (Fsp3) is 0.125. The van der Waals surface area contributed by atoms with E-state index in [2.05, 4.69) is 0 Å². The molecule has 0 unspecified atom stereocenters. The first-order chi connectivity index (χ1) is 10.6. The molecule has 0 radical (unpaired) electrons. The predicted molar refractivity (Wildman–Crippen MR) is 84.2 cm³/mol. The van der Waals surface area contributed by atoms with Crippen LogP contribution in [-0.4, -0.2) is 28.7 Å². The van der Waals surface area contributed by atoms with Gasteiger partial charge in [0.25, 0.3) is 0 Å². The Hall–Kier alpha value is -2.60. The summed E-state index contributed by atoms with van der Waals surface area (Å²) in [5, 5.41) is 9.19. The number of carbonyl (C=O) groups excluding carboxylic acids is 1. The Labute approximate surface area is 130 Å². The van der Waals surface area contributed by atoms with Gasteiger partial charge in [0.2, 0.25) is 0 Å². The standard InChI is InChI=1S/C16H13NO4S/c1-21-14(18)9-17-8-11(10-5-3-2-4-6-10)15-12(17)7-13(22-15)16(19)20/h2-8H,9H2,1H3,(H,19,20). The Bertz CT molecular complexity index is 848. The van der Waals surface area contributed by atoms with Gasteiger partial charge in [0.15, 0.2) is 0 Å².